The smallest absolute Gasteiger partial charge is 0.0884 e. The molecule has 3 heteroatoms. The van der Waals surface area contributed by atoms with E-state index in [-0.39, 0.29) is 0 Å². The second-order valence-electron chi connectivity index (χ2n) is 1.94. The van der Waals surface area contributed by atoms with Gasteiger partial charge in [0, 0.05) is 12.1 Å². The van der Waals surface area contributed by atoms with Crippen molar-refractivity contribution in [2.24, 2.45) is 0 Å². The topological polar surface area (TPSA) is 28.1 Å². The van der Waals surface area contributed by atoms with Crippen LogP contribution in [0.5, 0.6) is 0 Å². The van der Waals surface area contributed by atoms with Gasteiger partial charge in [-0.3, -0.25) is 0 Å². The van der Waals surface area contributed by atoms with E-state index in [1.807, 2.05) is 20.0 Å². The Morgan fingerprint density at radius 2 is 1.78 bits per heavy atom. The van der Waals surface area contributed by atoms with Gasteiger partial charge in [-0.2, -0.15) is 0 Å². The van der Waals surface area contributed by atoms with E-state index < -0.39 is 0 Å². The maximum absolute atomic E-state index is 8.25. The molecule has 0 unspecified atom stereocenters. The van der Waals surface area contributed by atoms with Crippen molar-refractivity contribution in [2.45, 2.75) is 0 Å². The van der Waals surface area contributed by atoms with Crippen molar-refractivity contribution >= 4 is 19.0 Å². The molecule has 0 spiro atoms. The molecule has 0 saturated heterocycles. The van der Waals surface area contributed by atoms with Crippen LogP contribution in [0, 0.1) is 5.39 Å². The molecule has 0 bridgehead atoms. The Hall–Kier alpha value is -1.30. The largest absolute Gasteiger partial charge is 0.385 e. The zero-order valence-electron chi connectivity index (χ0n) is 5.20. The quantitative estimate of drug-likeness (QED) is 0.357. The molecule has 0 amide bonds. The van der Waals surface area contributed by atoms with E-state index in [4.69, 9.17) is 5.39 Å². The maximum Gasteiger partial charge on any atom is 0.385 e. The number of benzene rings is 1. The first-order valence-electron chi connectivity index (χ1n) is 2.74. The molecule has 9 heavy (non-hydrogen) atoms. The van der Waals surface area contributed by atoms with Gasteiger partial charge in [0.05, 0.1) is 0 Å². The van der Waals surface area contributed by atoms with Crippen LogP contribution in [0.4, 0.5) is 5.69 Å². The Morgan fingerprint density at radius 1 is 1.22 bits per heavy atom. The molecule has 0 saturated carbocycles. The number of diazo groups is 1. The first-order valence-corrected chi connectivity index (χ1v) is 2.74. The van der Waals surface area contributed by atoms with Gasteiger partial charge in [0.15, 0.2) is 4.98 Å². The molecule has 2 nitrogen and oxygen atoms in total. The lowest BCUT2D eigenvalue weighted by atomic mass is 9.96. The number of hydrogen-bond donors (Lipinski definition) is 0. The van der Waals surface area contributed by atoms with Crippen LogP contribution >= 0.6 is 0 Å². The average Bonchev–Trinajstić information content (AvgIpc) is 1.90. The first-order chi connectivity index (χ1) is 4.33. The van der Waals surface area contributed by atoms with Crippen LogP contribution in [0.2, 0.25) is 0 Å². The van der Waals surface area contributed by atoms with Gasteiger partial charge in [0.2, 0.25) is 5.39 Å². The molecule has 42 valence electrons. The van der Waals surface area contributed by atoms with Gasteiger partial charge in [-0.25, -0.2) is 0 Å². The lowest BCUT2D eigenvalue weighted by Gasteiger charge is -1.81. The Kier molecular flexibility index (Phi) is 1.50. The van der Waals surface area contributed by atoms with E-state index in [0.717, 1.165) is 0 Å². The van der Waals surface area contributed by atoms with Crippen LogP contribution in [0.3, 0.4) is 0 Å². The summed E-state index contributed by atoms with van der Waals surface area (Å²) < 4.78 is 0. The van der Waals surface area contributed by atoms with Crippen molar-refractivity contribution in [3.63, 3.8) is 0 Å². The molecule has 0 radical (unpaired) electrons. The molecule has 0 atom stereocenters. The second kappa shape index (κ2) is 2.32. The highest BCUT2D eigenvalue weighted by Crippen LogP contribution is 2.06. The van der Waals surface area contributed by atoms with Gasteiger partial charge in [-0.05, 0) is 0 Å². The summed E-state index contributed by atoms with van der Waals surface area (Å²) in [6.07, 6.45) is 0. The normalized spacial score (nSPS) is 8.33. The fourth-order valence-electron chi connectivity index (χ4n) is 0.611. The summed E-state index contributed by atoms with van der Waals surface area (Å²) in [7, 11) is 1.99. The van der Waals surface area contributed by atoms with E-state index >= 15 is 0 Å². The molecule has 0 fully saturated rings. The minimum atomic E-state index is 0.598. The molecule has 1 aromatic carbocycles. The third kappa shape index (κ3) is 1.30. The Balaban J connectivity index is 3.06. The van der Waals surface area contributed by atoms with Crippen LogP contribution < -0.4 is 5.46 Å². The summed E-state index contributed by atoms with van der Waals surface area (Å²) in [6.45, 7) is 0. The molecule has 0 N–H and O–H groups in total. The zero-order chi connectivity index (χ0) is 6.69. The van der Waals surface area contributed by atoms with Gasteiger partial charge in [-0.15, -0.1) is 0 Å². The Bertz CT molecular complexity index is 234. The van der Waals surface area contributed by atoms with E-state index in [1.165, 1.54) is 5.46 Å². The van der Waals surface area contributed by atoms with Gasteiger partial charge in [0.25, 0.3) is 0 Å². The number of hydrogen-bond acceptors (Lipinski definition) is 1. The monoisotopic (exact) mass is 117 g/mol. The summed E-state index contributed by atoms with van der Waals surface area (Å²) in [5.74, 6) is 0. The second-order valence-corrected chi connectivity index (χ2v) is 1.94. The zero-order valence-corrected chi connectivity index (χ0v) is 5.20. The molecule has 0 aliphatic carbocycles. The summed E-state index contributed by atoms with van der Waals surface area (Å²) >= 11 is 0. The lowest BCUT2D eigenvalue weighted by Crippen LogP contribution is -1.97. The van der Waals surface area contributed by atoms with Crippen LogP contribution in [-0.4, -0.2) is 7.85 Å². The van der Waals surface area contributed by atoms with Crippen LogP contribution in [0.1, 0.15) is 0 Å². The molecular formula is C6H6BN2+. The third-order valence-electron chi connectivity index (χ3n) is 1.15. The van der Waals surface area contributed by atoms with Crippen molar-refractivity contribution < 1.29 is 0 Å². The lowest BCUT2D eigenvalue weighted by molar-refractivity contribution is 1.47. The van der Waals surface area contributed by atoms with Crippen molar-refractivity contribution in [3.8, 4) is 0 Å². The highest BCUT2D eigenvalue weighted by molar-refractivity contribution is 6.32. The van der Waals surface area contributed by atoms with E-state index in [0.29, 0.717) is 5.69 Å². The Labute approximate surface area is 54.5 Å². The molecular weight excluding hydrogens is 111 g/mol. The van der Waals surface area contributed by atoms with Crippen molar-refractivity contribution in [2.75, 3.05) is 0 Å². The molecule has 0 aliphatic heterocycles. The third-order valence-corrected chi connectivity index (χ3v) is 1.15. The minimum absolute atomic E-state index is 0.598. The molecule has 1 rings (SSSR count). The molecule has 0 aromatic heterocycles. The van der Waals surface area contributed by atoms with Crippen LogP contribution in [-0.2, 0) is 0 Å². The maximum atomic E-state index is 8.25. The number of rotatable bonds is 0. The molecule has 1 aromatic rings. The van der Waals surface area contributed by atoms with Crippen LogP contribution in [0.15, 0.2) is 24.3 Å². The average molecular weight is 117 g/mol. The summed E-state index contributed by atoms with van der Waals surface area (Å²) in [6, 6.07) is 7.31. The van der Waals surface area contributed by atoms with Crippen molar-refractivity contribution in [1.29, 1.82) is 5.39 Å². The first kappa shape index (κ1) is 5.83. The molecule has 0 heterocycles. The fourth-order valence-corrected chi connectivity index (χ4v) is 0.611. The Morgan fingerprint density at radius 3 is 2.22 bits per heavy atom. The van der Waals surface area contributed by atoms with Crippen molar-refractivity contribution in [1.82, 2.24) is 0 Å². The standard InChI is InChI=1S/C6H6BN2/c7-5-1-3-6(9-8)4-2-5/h1-4H,7H2/q+1. The summed E-state index contributed by atoms with van der Waals surface area (Å²) in [4.78, 5) is 3.01. The van der Waals surface area contributed by atoms with Crippen LogP contribution in [0.25, 0.3) is 4.98 Å². The van der Waals surface area contributed by atoms with E-state index in [9.17, 15) is 0 Å². The highest BCUT2D eigenvalue weighted by atomic mass is 14.8. The summed E-state index contributed by atoms with van der Waals surface area (Å²) in [5, 5.41) is 8.25. The van der Waals surface area contributed by atoms with Gasteiger partial charge >= 0.3 is 5.69 Å². The van der Waals surface area contributed by atoms with E-state index in [1.54, 1.807) is 12.1 Å². The summed E-state index contributed by atoms with van der Waals surface area (Å²) in [5.41, 5.74) is 1.77. The molecule has 0 aliphatic rings. The number of nitrogens with zero attached hydrogens (tertiary/aromatic N) is 2. The predicted octanol–water partition coefficient (Wildman–Crippen LogP) is 0.430. The van der Waals surface area contributed by atoms with E-state index in [2.05, 4.69) is 4.98 Å². The minimum Gasteiger partial charge on any atom is -0.0884 e. The van der Waals surface area contributed by atoms with Gasteiger partial charge in [0.1, 0.15) is 7.85 Å². The van der Waals surface area contributed by atoms with Gasteiger partial charge in [-0.1, -0.05) is 17.6 Å². The fraction of sp³-hybridized carbons (Fsp3) is 0. The SMILES string of the molecule is Bc1ccc([N+]#N)cc1. The van der Waals surface area contributed by atoms with Gasteiger partial charge < -0.3 is 0 Å². The predicted molar refractivity (Wildman–Crippen MR) is 39.4 cm³/mol. The highest BCUT2D eigenvalue weighted by Gasteiger charge is 1.98. The van der Waals surface area contributed by atoms with Crippen molar-refractivity contribution in [3.05, 3.63) is 29.2 Å².